The Morgan fingerprint density at radius 2 is 2.04 bits per heavy atom. The van der Waals surface area contributed by atoms with E-state index in [1.165, 1.54) is 0 Å². The van der Waals surface area contributed by atoms with Crippen LogP contribution in [0.25, 0.3) is 17.1 Å². The smallest absolute Gasteiger partial charge is 0.257 e. The van der Waals surface area contributed by atoms with E-state index in [2.05, 4.69) is 20.4 Å². The Labute approximate surface area is 155 Å². The molecule has 0 fully saturated rings. The summed E-state index contributed by atoms with van der Waals surface area (Å²) in [6.45, 7) is 2.10. The van der Waals surface area contributed by atoms with Gasteiger partial charge in [-0.1, -0.05) is 35.5 Å². The molecule has 0 spiro atoms. The second-order valence-corrected chi connectivity index (χ2v) is 6.00. The molecule has 3 heterocycles. The van der Waals surface area contributed by atoms with Gasteiger partial charge in [0.2, 0.25) is 0 Å². The lowest BCUT2D eigenvalue weighted by Gasteiger charge is -2.08. The summed E-state index contributed by atoms with van der Waals surface area (Å²) in [5.41, 5.74) is 2.76. The molecule has 0 radical (unpaired) electrons. The molecule has 1 N–H and O–H groups in total. The van der Waals surface area contributed by atoms with Gasteiger partial charge >= 0.3 is 0 Å². The first kappa shape index (κ1) is 16.7. The van der Waals surface area contributed by atoms with E-state index < -0.39 is 0 Å². The SMILES string of the molecule is Cc1onc(-c2ccccc2)c1C(=O)NCc1ccnc(-n2ccnc2)c1. The standard InChI is InChI=1S/C20H17N5O2/c1-14-18(19(24-27-14)16-5-3-2-4-6-16)20(26)23-12-15-7-8-22-17(11-15)25-10-9-21-13-25/h2-11,13H,12H2,1H3,(H,23,26). The van der Waals surface area contributed by atoms with E-state index in [0.717, 1.165) is 16.9 Å². The van der Waals surface area contributed by atoms with Crippen molar-refractivity contribution in [2.75, 3.05) is 0 Å². The third-order valence-corrected chi connectivity index (χ3v) is 4.17. The summed E-state index contributed by atoms with van der Waals surface area (Å²) in [6, 6.07) is 13.3. The molecule has 0 aliphatic rings. The third kappa shape index (κ3) is 3.48. The van der Waals surface area contributed by atoms with Gasteiger partial charge in [0.1, 0.15) is 29.2 Å². The van der Waals surface area contributed by atoms with Crippen LogP contribution in [0, 0.1) is 6.92 Å². The molecule has 3 aromatic heterocycles. The summed E-state index contributed by atoms with van der Waals surface area (Å²) in [5.74, 6) is 0.999. The fraction of sp³-hybridized carbons (Fsp3) is 0.100. The van der Waals surface area contributed by atoms with Gasteiger partial charge in [0.25, 0.3) is 5.91 Å². The zero-order valence-electron chi connectivity index (χ0n) is 14.7. The summed E-state index contributed by atoms with van der Waals surface area (Å²) >= 11 is 0. The zero-order valence-corrected chi connectivity index (χ0v) is 14.7. The maximum Gasteiger partial charge on any atom is 0.257 e. The van der Waals surface area contributed by atoms with Gasteiger partial charge in [0.15, 0.2) is 0 Å². The Morgan fingerprint density at radius 1 is 1.19 bits per heavy atom. The molecular formula is C20H17N5O2. The number of aromatic nitrogens is 4. The Hall–Kier alpha value is -3.74. The van der Waals surface area contributed by atoms with Gasteiger partial charge in [-0.2, -0.15) is 0 Å². The number of imidazole rings is 1. The summed E-state index contributed by atoms with van der Waals surface area (Å²) in [4.78, 5) is 21.1. The average Bonchev–Trinajstić information content (AvgIpc) is 3.37. The summed E-state index contributed by atoms with van der Waals surface area (Å²) < 4.78 is 7.07. The largest absolute Gasteiger partial charge is 0.360 e. The van der Waals surface area contributed by atoms with Crippen LogP contribution in [0.1, 0.15) is 21.7 Å². The fourth-order valence-corrected chi connectivity index (χ4v) is 2.81. The van der Waals surface area contributed by atoms with Crippen LogP contribution >= 0.6 is 0 Å². The highest BCUT2D eigenvalue weighted by molar-refractivity contribution is 6.00. The molecule has 4 aromatic rings. The van der Waals surface area contributed by atoms with Gasteiger partial charge in [-0.3, -0.25) is 9.36 Å². The Bertz CT molecular complexity index is 1060. The van der Waals surface area contributed by atoms with E-state index in [4.69, 9.17) is 4.52 Å². The molecular weight excluding hydrogens is 342 g/mol. The number of carbonyl (C=O) groups excluding carboxylic acids is 1. The maximum atomic E-state index is 12.8. The second kappa shape index (κ2) is 7.25. The molecule has 7 heteroatoms. The molecule has 0 aliphatic heterocycles. The highest BCUT2D eigenvalue weighted by Gasteiger charge is 2.21. The van der Waals surface area contributed by atoms with Crippen LogP contribution in [0.15, 0.2) is 71.9 Å². The summed E-state index contributed by atoms with van der Waals surface area (Å²) in [5, 5.41) is 6.99. The zero-order chi connectivity index (χ0) is 18.6. The van der Waals surface area contributed by atoms with Gasteiger partial charge in [0.05, 0.1) is 0 Å². The first-order valence-electron chi connectivity index (χ1n) is 8.45. The number of pyridine rings is 1. The minimum absolute atomic E-state index is 0.228. The van der Waals surface area contributed by atoms with Crippen LogP contribution in [0.4, 0.5) is 0 Å². The Kier molecular flexibility index (Phi) is 4.49. The van der Waals surface area contributed by atoms with Crippen LogP contribution in [-0.4, -0.2) is 25.6 Å². The van der Waals surface area contributed by atoms with Crippen molar-refractivity contribution >= 4 is 5.91 Å². The molecule has 0 atom stereocenters. The van der Waals surface area contributed by atoms with E-state index in [9.17, 15) is 4.79 Å². The van der Waals surface area contributed by atoms with Gasteiger partial charge in [-0.05, 0) is 24.6 Å². The third-order valence-electron chi connectivity index (χ3n) is 4.17. The molecule has 1 amide bonds. The minimum Gasteiger partial charge on any atom is -0.360 e. The van der Waals surface area contributed by atoms with Crippen LogP contribution in [0.2, 0.25) is 0 Å². The topological polar surface area (TPSA) is 85.8 Å². The van der Waals surface area contributed by atoms with Gasteiger partial charge in [0, 0.05) is 30.7 Å². The van der Waals surface area contributed by atoms with Gasteiger partial charge in [-0.25, -0.2) is 9.97 Å². The molecule has 1 aromatic carbocycles. The predicted molar refractivity (Wildman–Crippen MR) is 99.2 cm³/mol. The lowest BCUT2D eigenvalue weighted by Crippen LogP contribution is -2.23. The van der Waals surface area contributed by atoms with E-state index in [0.29, 0.717) is 23.6 Å². The number of hydrogen-bond acceptors (Lipinski definition) is 5. The normalized spacial score (nSPS) is 10.7. The summed E-state index contributed by atoms with van der Waals surface area (Å²) in [6.07, 6.45) is 6.89. The molecule has 0 bridgehead atoms. The lowest BCUT2D eigenvalue weighted by molar-refractivity contribution is 0.0950. The average molecular weight is 359 g/mol. The predicted octanol–water partition coefficient (Wildman–Crippen LogP) is 3.16. The molecule has 0 saturated heterocycles. The Morgan fingerprint density at radius 3 is 2.81 bits per heavy atom. The fourth-order valence-electron chi connectivity index (χ4n) is 2.81. The number of nitrogens with one attached hydrogen (secondary N) is 1. The highest BCUT2D eigenvalue weighted by atomic mass is 16.5. The van der Waals surface area contributed by atoms with Crippen LogP contribution in [0.3, 0.4) is 0 Å². The van der Waals surface area contributed by atoms with E-state index >= 15 is 0 Å². The van der Waals surface area contributed by atoms with Crippen molar-refractivity contribution in [1.29, 1.82) is 0 Å². The minimum atomic E-state index is -0.228. The monoisotopic (exact) mass is 359 g/mol. The number of hydrogen-bond donors (Lipinski definition) is 1. The first-order chi connectivity index (χ1) is 13.2. The maximum absolute atomic E-state index is 12.8. The second-order valence-electron chi connectivity index (χ2n) is 6.00. The van der Waals surface area contributed by atoms with Crippen molar-refractivity contribution in [3.05, 3.63) is 84.3 Å². The molecule has 134 valence electrons. The highest BCUT2D eigenvalue weighted by Crippen LogP contribution is 2.25. The van der Waals surface area contributed by atoms with Crippen molar-refractivity contribution in [2.24, 2.45) is 0 Å². The molecule has 27 heavy (non-hydrogen) atoms. The number of benzene rings is 1. The quantitative estimate of drug-likeness (QED) is 0.591. The number of rotatable bonds is 5. The Balaban J connectivity index is 1.53. The molecule has 0 unspecified atom stereocenters. The van der Waals surface area contributed by atoms with Gasteiger partial charge < -0.3 is 9.84 Å². The number of amides is 1. The van der Waals surface area contributed by atoms with E-state index in [1.807, 2.05) is 53.2 Å². The molecule has 0 aliphatic carbocycles. The van der Waals surface area contributed by atoms with E-state index in [-0.39, 0.29) is 5.91 Å². The summed E-state index contributed by atoms with van der Waals surface area (Å²) in [7, 11) is 0. The number of aryl methyl sites for hydroxylation is 1. The molecule has 7 nitrogen and oxygen atoms in total. The van der Waals surface area contributed by atoms with Crippen molar-refractivity contribution in [1.82, 2.24) is 25.0 Å². The van der Waals surface area contributed by atoms with Crippen LogP contribution in [-0.2, 0) is 6.54 Å². The van der Waals surface area contributed by atoms with Gasteiger partial charge in [-0.15, -0.1) is 0 Å². The number of carbonyl (C=O) groups is 1. The van der Waals surface area contributed by atoms with Crippen LogP contribution in [0.5, 0.6) is 0 Å². The van der Waals surface area contributed by atoms with Crippen molar-refractivity contribution in [3.63, 3.8) is 0 Å². The first-order valence-corrected chi connectivity index (χ1v) is 8.45. The van der Waals surface area contributed by atoms with Crippen molar-refractivity contribution in [3.8, 4) is 17.1 Å². The lowest BCUT2D eigenvalue weighted by atomic mass is 10.1. The van der Waals surface area contributed by atoms with E-state index in [1.54, 1.807) is 25.6 Å². The van der Waals surface area contributed by atoms with Crippen molar-refractivity contribution in [2.45, 2.75) is 13.5 Å². The number of nitrogens with zero attached hydrogens (tertiary/aromatic N) is 4. The molecule has 0 saturated carbocycles. The van der Waals surface area contributed by atoms with Crippen molar-refractivity contribution < 1.29 is 9.32 Å². The van der Waals surface area contributed by atoms with Crippen LogP contribution < -0.4 is 5.32 Å². The molecule has 4 rings (SSSR count).